The van der Waals surface area contributed by atoms with Crippen LogP contribution in [0, 0.1) is 0 Å². The molecule has 0 spiro atoms. The summed E-state index contributed by atoms with van der Waals surface area (Å²) in [4.78, 5) is 0. The van der Waals surface area contributed by atoms with Crippen molar-refractivity contribution < 1.29 is 4.42 Å². The van der Waals surface area contributed by atoms with Crippen LogP contribution in [0.5, 0.6) is 0 Å². The predicted molar refractivity (Wildman–Crippen MR) is 98.8 cm³/mol. The Morgan fingerprint density at radius 2 is 1.39 bits per heavy atom. The fourth-order valence-electron chi connectivity index (χ4n) is 3.60. The second-order valence-electron chi connectivity index (χ2n) is 5.85. The third-order valence-electron chi connectivity index (χ3n) is 4.64. The highest BCUT2D eigenvalue weighted by Crippen LogP contribution is 2.39. The van der Waals surface area contributed by atoms with Crippen LogP contribution < -0.4 is 0 Å². The summed E-state index contributed by atoms with van der Waals surface area (Å²) in [6.07, 6.45) is 1.91. The summed E-state index contributed by atoms with van der Waals surface area (Å²) >= 11 is 0. The van der Waals surface area contributed by atoms with E-state index in [9.17, 15) is 0 Å². The molecule has 0 radical (unpaired) electrons. The Balaban J connectivity index is 2.14. The van der Waals surface area contributed by atoms with E-state index in [1.807, 2.05) is 6.08 Å². The smallest absolute Gasteiger partial charge is 0.136 e. The zero-order chi connectivity index (χ0) is 15.4. The van der Waals surface area contributed by atoms with Gasteiger partial charge in [-0.15, -0.1) is 0 Å². The highest BCUT2D eigenvalue weighted by atomic mass is 16.3. The summed E-state index contributed by atoms with van der Waals surface area (Å²) in [5.74, 6) is 0. The molecule has 1 heterocycles. The molecule has 0 fully saturated rings. The topological polar surface area (TPSA) is 13.1 Å². The number of benzene rings is 4. The Morgan fingerprint density at radius 1 is 0.652 bits per heavy atom. The number of hydrogen-bond donors (Lipinski definition) is 0. The van der Waals surface area contributed by atoms with E-state index in [1.54, 1.807) is 0 Å². The molecule has 0 saturated heterocycles. The average molecular weight is 294 g/mol. The Kier molecular flexibility index (Phi) is 2.42. The van der Waals surface area contributed by atoms with Crippen molar-refractivity contribution in [3.63, 3.8) is 0 Å². The minimum atomic E-state index is 0.935. The molecular formula is C22H14O. The van der Waals surface area contributed by atoms with E-state index in [-0.39, 0.29) is 0 Å². The van der Waals surface area contributed by atoms with Crippen molar-refractivity contribution >= 4 is 49.6 Å². The molecule has 0 bridgehead atoms. The average Bonchev–Trinajstić information content (AvgIpc) is 3.00. The van der Waals surface area contributed by atoms with Gasteiger partial charge in [-0.05, 0) is 39.2 Å². The molecule has 1 aromatic heterocycles. The van der Waals surface area contributed by atoms with Crippen molar-refractivity contribution in [1.29, 1.82) is 0 Å². The molecule has 0 saturated carbocycles. The first kappa shape index (κ1) is 12.5. The van der Waals surface area contributed by atoms with E-state index in [0.29, 0.717) is 0 Å². The monoisotopic (exact) mass is 294 g/mol. The second kappa shape index (κ2) is 4.47. The van der Waals surface area contributed by atoms with Crippen LogP contribution in [0.2, 0.25) is 0 Å². The molecule has 1 nitrogen and oxygen atoms in total. The lowest BCUT2D eigenvalue weighted by atomic mass is 9.97. The highest BCUT2D eigenvalue weighted by molar-refractivity contribution is 6.26. The number of furan rings is 1. The zero-order valence-electron chi connectivity index (χ0n) is 12.5. The highest BCUT2D eigenvalue weighted by Gasteiger charge is 2.13. The Bertz CT molecular complexity index is 1220. The van der Waals surface area contributed by atoms with Crippen molar-refractivity contribution in [1.82, 2.24) is 0 Å². The van der Waals surface area contributed by atoms with Gasteiger partial charge in [-0.1, -0.05) is 67.3 Å². The molecule has 0 atom stereocenters. The number of rotatable bonds is 1. The minimum Gasteiger partial charge on any atom is -0.456 e. The maximum Gasteiger partial charge on any atom is 0.136 e. The van der Waals surface area contributed by atoms with Crippen LogP contribution >= 0.6 is 0 Å². The molecule has 0 aliphatic heterocycles. The first-order chi connectivity index (χ1) is 11.4. The van der Waals surface area contributed by atoms with Crippen LogP contribution in [-0.4, -0.2) is 0 Å². The second-order valence-corrected chi connectivity index (χ2v) is 5.85. The SMILES string of the molecule is C=Cc1cccc2c1ccc1oc3ccc4ccccc4c3c12. The van der Waals surface area contributed by atoms with Crippen LogP contribution in [0.4, 0.5) is 0 Å². The molecule has 5 aromatic rings. The van der Waals surface area contributed by atoms with Crippen molar-refractivity contribution in [2.75, 3.05) is 0 Å². The Morgan fingerprint density at radius 3 is 2.26 bits per heavy atom. The Hall–Kier alpha value is -3.06. The van der Waals surface area contributed by atoms with Crippen LogP contribution in [0.15, 0.2) is 77.7 Å². The van der Waals surface area contributed by atoms with Gasteiger partial charge in [-0.2, -0.15) is 0 Å². The lowest BCUT2D eigenvalue weighted by Gasteiger charge is -2.04. The van der Waals surface area contributed by atoms with Gasteiger partial charge in [0.1, 0.15) is 11.2 Å². The standard InChI is InChI=1S/C22H14O/c1-2-14-7-5-9-18-16(14)11-13-20-22(18)21-17-8-4-3-6-15(17)10-12-19(21)23-20/h2-13H,1H2. The molecule has 0 N–H and O–H groups in total. The Labute approximate surface area is 133 Å². The summed E-state index contributed by atoms with van der Waals surface area (Å²) < 4.78 is 6.12. The van der Waals surface area contributed by atoms with Gasteiger partial charge in [0.2, 0.25) is 0 Å². The zero-order valence-corrected chi connectivity index (χ0v) is 12.5. The first-order valence-electron chi connectivity index (χ1n) is 7.75. The van der Waals surface area contributed by atoms with E-state index >= 15 is 0 Å². The molecular weight excluding hydrogens is 280 g/mol. The van der Waals surface area contributed by atoms with Gasteiger partial charge in [0, 0.05) is 10.8 Å². The molecule has 0 aliphatic carbocycles. The van der Waals surface area contributed by atoms with E-state index in [1.165, 1.54) is 32.3 Å². The third-order valence-corrected chi connectivity index (χ3v) is 4.64. The molecule has 0 unspecified atom stereocenters. The van der Waals surface area contributed by atoms with Gasteiger partial charge in [0.25, 0.3) is 0 Å². The van der Waals surface area contributed by atoms with Gasteiger partial charge < -0.3 is 4.42 Å². The number of fused-ring (bicyclic) bond motifs is 7. The van der Waals surface area contributed by atoms with Crippen molar-refractivity contribution in [2.24, 2.45) is 0 Å². The van der Waals surface area contributed by atoms with E-state index < -0.39 is 0 Å². The summed E-state index contributed by atoms with van der Waals surface area (Å²) in [7, 11) is 0. The molecule has 23 heavy (non-hydrogen) atoms. The summed E-state index contributed by atoms with van der Waals surface area (Å²) in [5.41, 5.74) is 3.03. The minimum absolute atomic E-state index is 0.935. The van der Waals surface area contributed by atoms with Crippen molar-refractivity contribution in [3.8, 4) is 0 Å². The quantitative estimate of drug-likeness (QED) is 0.342. The fraction of sp³-hybridized carbons (Fsp3) is 0. The van der Waals surface area contributed by atoms with Crippen LogP contribution in [0.1, 0.15) is 5.56 Å². The normalized spacial score (nSPS) is 11.7. The maximum atomic E-state index is 6.12. The molecule has 0 aliphatic rings. The maximum absolute atomic E-state index is 6.12. The largest absolute Gasteiger partial charge is 0.456 e. The predicted octanol–water partition coefficient (Wildman–Crippen LogP) is 6.54. The lowest BCUT2D eigenvalue weighted by Crippen LogP contribution is -1.80. The molecule has 1 heteroatoms. The lowest BCUT2D eigenvalue weighted by molar-refractivity contribution is 0.669. The summed E-state index contributed by atoms with van der Waals surface area (Å²) in [5, 5.41) is 7.29. The molecule has 108 valence electrons. The van der Waals surface area contributed by atoms with Crippen LogP contribution in [0.3, 0.4) is 0 Å². The van der Waals surface area contributed by atoms with Crippen LogP contribution in [-0.2, 0) is 0 Å². The van der Waals surface area contributed by atoms with E-state index in [0.717, 1.165) is 16.7 Å². The molecule has 5 rings (SSSR count). The van der Waals surface area contributed by atoms with E-state index in [2.05, 4.69) is 73.3 Å². The van der Waals surface area contributed by atoms with Gasteiger partial charge in [-0.3, -0.25) is 0 Å². The summed E-state index contributed by atoms with van der Waals surface area (Å²) in [6, 6.07) is 23.2. The van der Waals surface area contributed by atoms with Crippen LogP contribution in [0.25, 0.3) is 49.6 Å². The van der Waals surface area contributed by atoms with Gasteiger partial charge in [0.15, 0.2) is 0 Å². The first-order valence-corrected chi connectivity index (χ1v) is 7.75. The van der Waals surface area contributed by atoms with Gasteiger partial charge in [0.05, 0.1) is 0 Å². The van der Waals surface area contributed by atoms with Crippen molar-refractivity contribution in [2.45, 2.75) is 0 Å². The fourth-order valence-corrected chi connectivity index (χ4v) is 3.60. The summed E-state index contributed by atoms with van der Waals surface area (Å²) in [6.45, 7) is 3.94. The molecule has 0 amide bonds. The van der Waals surface area contributed by atoms with E-state index in [4.69, 9.17) is 4.42 Å². The number of hydrogen-bond acceptors (Lipinski definition) is 1. The van der Waals surface area contributed by atoms with Gasteiger partial charge >= 0.3 is 0 Å². The van der Waals surface area contributed by atoms with Gasteiger partial charge in [-0.25, -0.2) is 0 Å². The molecule has 4 aromatic carbocycles. The van der Waals surface area contributed by atoms with Crippen molar-refractivity contribution in [3.05, 3.63) is 78.9 Å². The third kappa shape index (κ3) is 1.62.